The molecule has 364 valence electrons. The van der Waals surface area contributed by atoms with Crippen LogP contribution < -0.4 is 21.1 Å². The Morgan fingerprint density at radius 2 is 1.48 bits per heavy atom. The van der Waals surface area contributed by atoms with Gasteiger partial charge >= 0.3 is 0 Å². The van der Waals surface area contributed by atoms with Gasteiger partial charge in [-0.1, -0.05) is 62.8 Å². The van der Waals surface area contributed by atoms with E-state index in [9.17, 15) is 19.2 Å². The average molecular weight is 938 g/mol. The van der Waals surface area contributed by atoms with Crippen LogP contribution in [0, 0.1) is 0 Å². The molecule has 0 saturated carbocycles. The maximum Gasteiger partial charge on any atom is 0.255 e. The summed E-state index contributed by atoms with van der Waals surface area (Å²) in [5.74, 6) is 1.30. The number of carbonyl (C=O) groups excluding carboxylic acids is 4. The number of imide groups is 1. The third-order valence-electron chi connectivity index (χ3n) is 14.3. The van der Waals surface area contributed by atoms with Gasteiger partial charge in [0.1, 0.15) is 35.4 Å². The third-order valence-corrected chi connectivity index (χ3v) is 14.3. The van der Waals surface area contributed by atoms with Crippen LogP contribution >= 0.6 is 0 Å². The largest absolute Gasteiger partial charge is 0.457 e. The van der Waals surface area contributed by atoms with Crippen molar-refractivity contribution >= 4 is 46.2 Å². The molecular weight excluding hydrogens is 871 g/mol. The van der Waals surface area contributed by atoms with Crippen molar-refractivity contribution in [2.45, 2.75) is 109 Å². The number of nitrogen functional groups attached to an aromatic ring is 1. The van der Waals surface area contributed by atoms with E-state index in [1.807, 2.05) is 82.4 Å². The summed E-state index contributed by atoms with van der Waals surface area (Å²) in [6, 6.07) is 22.6. The second-order valence-corrected chi connectivity index (χ2v) is 19.1. The summed E-state index contributed by atoms with van der Waals surface area (Å²) in [5.41, 5.74) is 11.3. The molecule has 3 saturated heterocycles. The molecule has 4 aliphatic rings. The Balaban J connectivity index is 0.623. The third kappa shape index (κ3) is 11.7. The van der Waals surface area contributed by atoms with Gasteiger partial charge in [0.05, 0.1) is 11.4 Å². The molecule has 5 aromatic rings. The molecule has 0 aliphatic carbocycles. The van der Waals surface area contributed by atoms with Gasteiger partial charge in [0.25, 0.3) is 5.91 Å². The summed E-state index contributed by atoms with van der Waals surface area (Å²) in [5, 5.41) is 11.7. The number of carbonyl (C=O) groups is 4. The number of amides is 4. The van der Waals surface area contributed by atoms with E-state index in [2.05, 4.69) is 30.4 Å². The molecule has 4 N–H and O–H groups in total. The molecular formula is C53H67N11O5. The minimum atomic E-state index is -0.597. The first-order valence-corrected chi connectivity index (χ1v) is 25.3. The number of fused-ring (bicyclic) bond motifs is 2. The van der Waals surface area contributed by atoms with Crippen LogP contribution in [-0.2, 0) is 20.9 Å². The lowest BCUT2D eigenvalue weighted by Crippen LogP contribution is -2.52. The summed E-state index contributed by atoms with van der Waals surface area (Å²) in [6.07, 6.45) is 15.1. The van der Waals surface area contributed by atoms with E-state index in [0.29, 0.717) is 43.0 Å². The Morgan fingerprint density at radius 1 is 0.768 bits per heavy atom. The van der Waals surface area contributed by atoms with Crippen LogP contribution in [0.2, 0.25) is 0 Å². The number of piperazine rings is 1. The van der Waals surface area contributed by atoms with Crippen molar-refractivity contribution in [2.24, 2.45) is 0 Å². The molecule has 4 amide bonds. The molecule has 6 heterocycles. The zero-order valence-electron chi connectivity index (χ0n) is 39.8. The molecule has 16 heteroatoms. The number of nitrogens with two attached hydrogens (primary N) is 1. The summed E-state index contributed by atoms with van der Waals surface area (Å²) in [7, 11) is 0. The molecule has 0 spiro atoms. The van der Waals surface area contributed by atoms with Crippen molar-refractivity contribution in [1.82, 2.24) is 44.7 Å². The van der Waals surface area contributed by atoms with Crippen molar-refractivity contribution in [3.8, 4) is 22.8 Å². The van der Waals surface area contributed by atoms with Gasteiger partial charge in [0.2, 0.25) is 17.7 Å². The molecule has 4 aliphatic heterocycles. The van der Waals surface area contributed by atoms with Gasteiger partial charge in [0, 0.05) is 87.6 Å². The highest BCUT2D eigenvalue weighted by atomic mass is 16.5. The van der Waals surface area contributed by atoms with Gasteiger partial charge in [-0.05, 0) is 100 Å². The smallest absolute Gasteiger partial charge is 0.255 e. The quantitative estimate of drug-likeness (QED) is 0.0490. The van der Waals surface area contributed by atoms with Gasteiger partial charge in [-0.2, -0.15) is 5.10 Å². The first kappa shape index (κ1) is 47.7. The molecule has 3 aromatic carbocycles. The van der Waals surface area contributed by atoms with E-state index in [-0.39, 0.29) is 36.1 Å². The molecule has 1 unspecified atom stereocenters. The van der Waals surface area contributed by atoms with Gasteiger partial charge in [-0.3, -0.25) is 24.5 Å². The number of hydrogen-bond acceptors (Lipinski definition) is 12. The summed E-state index contributed by atoms with van der Waals surface area (Å²) in [4.78, 5) is 68.4. The topological polar surface area (TPSA) is 184 Å². The molecule has 3 fully saturated rings. The SMILES string of the molecule is Nc1ncnc2c1c(-c1ccc(Oc3ccccc3)cc1)nn2[C@@H]1CCCN(C(=O)CCCN2CCN(CCCCCCCCCCNc3cccc4c3CN(C3CCC(=O)NC3=O)C4=O)CC2)C1. The van der Waals surface area contributed by atoms with E-state index < -0.39 is 6.04 Å². The number of nitrogens with one attached hydrogen (secondary N) is 2. The molecule has 69 heavy (non-hydrogen) atoms. The fourth-order valence-corrected chi connectivity index (χ4v) is 10.5. The van der Waals surface area contributed by atoms with E-state index >= 15 is 0 Å². The summed E-state index contributed by atoms with van der Waals surface area (Å²) in [6.45, 7) is 9.01. The molecule has 2 atom stereocenters. The maximum absolute atomic E-state index is 13.6. The summed E-state index contributed by atoms with van der Waals surface area (Å²) >= 11 is 0. The van der Waals surface area contributed by atoms with E-state index in [4.69, 9.17) is 15.6 Å². The number of benzene rings is 3. The molecule has 9 rings (SSSR count). The van der Waals surface area contributed by atoms with Crippen molar-refractivity contribution < 1.29 is 23.9 Å². The van der Waals surface area contributed by atoms with Crippen molar-refractivity contribution in [3.63, 3.8) is 0 Å². The highest BCUT2D eigenvalue weighted by Crippen LogP contribution is 2.36. The zero-order chi connectivity index (χ0) is 47.5. The van der Waals surface area contributed by atoms with Gasteiger partial charge in [0.15, 0.2) is 5.65 Å². The minimum Gasteiger partial charge on any atom is -0.457 e. The van der Waals surface area contributed by atoms with E-state index in [1.54, 1.807) is 4.90 Å². The Hall–Kier alpha value is -6.39. The van der Waals surface area contributed by atoms with Crippen molar-refractivity contribution in [3.05, 3.63) is 90.3 Å². The fraction of sp³-hybridized carbons (Fsp3) is 0.491. The van der Waals surface area contributed by atoms with E-state index in [1.165, 1.54) is 51.3 Å². The Morgan fingerprint density at radius 3 is 2.23 bits per heavy atom. The van der Waals surface area contributed by atoms with Crippen molar-refractivity contribution in [2.75, 3.05) is 70.0 Å². The van der Waals surface area contributed by atoms with Crippen LogP contribution in [0.1, 0.15) is 112 Å². The fourth-order valence-electron chi connectivity index (χ4n) is 10.5. The van der Waals surface area contributed by atoms with Gasteiger partial charge in [-0.25, -0.2) is 14.6 Å². The predicted molar refractivity (Wildman–Crippen MR) is 267 cm³/mol. The van der Waals surface area contributed by atoms with Crippen LogP contribution in [0.3, 0.4) is 0 Å². The lowest BCUT2D eigenvalue weighted by atomic mass is 10.0. The van der Waals surface area contributed by atoms with Gasteiger partial charge in [-0.15, -0.1) is 0 Å². The Bertz CT molecular complexity index is 2560. The second-order valence-electron chi connectivity index (χ2n) is 19.1. The first-order chi connectivity index (χ1) is 33.8. The van der Waals surface area contributed by atoms with Crippen molar-refractivity contribution in [1.29, 1.82) is 0 Å². The summed E-state index contributed by atoms with van der Waals surface area (Å²) < 4.78 is 7.98. The maximum atomic E-state index is 13.6. The molecule has 0 bridgehead atoms. The lowest BCUT2D eigenvalue weighted by molar-refractivity contribution is -0.137. The molecule has 16 nitrogen and oxygen atoms in total. The monoisotopic (exact) mass is 938 g/mol. The number of anilines is 2. The van der Waals surface area contributed by atoms with E-state index in [0.717, 1.165) is 117 Å². The number of aromatic nitrogens is 4. The van der Waals surface area contributed by atoms with Crippen LogP contribution in [-0.4, -0.2) is 128 Å². The van der Waals surface area contributed by atoms with Crippen LogP contribution in [0.4, 0.5) is 11.5 Å². The number of nitrogens with zero attached hydrogens (tertiary/aromatic N) is 8. The number of piperidine rings is 2. The number of ether oxygens (including phenoxy) is 1. The Labute approximate surface area is 404 Å². The average Bonchev–Trinajstić information content (AvgIpc) is 3.93. The highest BCUT2D eigenvalue weighted by Gasteiger charge is 2.40. The first-order valence-electron chi connectivity index (χ1n) is 25.3. The predicted octanol–water partition coefficient (Wildman–Crippen LogP) is 7.42. The van der Waals surface area contributed by atoms with Gasteiger partial charge < -0.3 is 35.4 Å². The number of likely N-dealkylation sites (tertiary alicyclic amines) is 1. The number of para-hydroxylation sites is 1. The van der Waals surface area contributed by atoms with Crippen LogP contribution in [0.25, 0.3) is 22.3 Å². The number of rotatable bonds is 21. The number of hydrogen-bond donors (Lipinski definition) is 3. The van der Waals surface area contributed by atoms with Crippen LogP contribution in [0.15, 0.2) is 79.1 Å². The zero-order valence-corrected chi connectivity index (χ0v) is 39.8. The molecule has 0 radical (unpaired) electrons. The second kappa shape index (κ2) is 22.8. The normalized spacial score (nSPS) is 19.0. The lowest BCUT2D eigenvalue weighted by Gasteiger charge is -2.35. The highest BCUT2D eigenvalue weighted by molar-refractivity contribution is 6.06. The molecule has 2 aromatic heterocycles. The standard InChI is InChI=1S/C53H67N11O5/c54-50-48-49(38-21-23-41(24-22-38)69-40-16-8-7-9-17-40)59-64(51(48)57-37-56-50)39-15-13-30-62(35-39)47(66)20-14-29-61-33-31-60(32-34-61)28-11-6-4-2-1-3-5-10-27-55-44-19-12-18-42-43(44)36-63(53(42)68)45-25-26-46(65)58-52(45)67/h7-9,12,16-19,21-24,37,39,45,55H,1-6,10-11,13-15,20,25-36H2,(H2,54,56,57)(H,58,65,67)/t39-,45?/m1/s1. The Kier molecular flexibility index (Phi) is 15.8. The minimum absolute atomic E-state index is 0.00961. The number of unbranched alkanes of at least 4 members (excludes halogenated alkanes) is 7. The van der Waals surface area contributed by atoms with Crippen LogP contribution in [0.5, 0.6) is 11.5 Å².